The number of hydrogen-bond donors (Lipinski definition) is 0. The Morgan fingerprint density at radius 2 is 2.04 bits per heavy atom. The minimum atomic E-state index is -0.454. The SMILES string of the molecule is CCN(Cc1cc(F)ccc1-c1cncc(C(C)C(=O)OC)c1)C(=O)C1CC1. The molecule has 0 radical (unpaired) electrons. The van der Waals surface area contributed by atoms with Crippen LogP contribution in [0, 0.1) is 11.7 Å². The lowest BCUT2D eigenvalue weighted by Gasteiger charge is -2.23. The molecule has 0 saturated heterocycles. The zero-order valence-corrected chi connectivity index (χ0v) is 16.4. The molecule has 2 aromatic rings. The van der Waals surface area contributed by atoms with Gasteiger partial charge in [0.1, 0.15) is 5.82 Å². The van der Waals surface area contributed by atoms with Crippen LogP contribution in [-0.4, -0.2) is 35.4 Å². The Kier molecular flexibility index (Phi) is 6.07. The predicted molar refractivity (Wildman–Crippen MR) is 104 cm³/mol. The highest BCUT2D eigenvalue weighted by Gasteiger charge is 2.33. The van der Waals surface area contributed by atoms with Crippen LogP contribution >= 0.6 is 0 Å². The van der Waals surface area contributed by atoms with Crippen molar-refractivity contribution in [1.29, 1.82) is 0 Å². The Balaban J connectivity index is 1.94. The van der Waals surface area contributed by atoms with Crippen LogP contribution in [0.5, 0.6) is 0 Å². The van der Waals surface area contributed by atoms with Gasteiger partial charge in [0.15, 0.2) is 0 Å². The van der Waals surface area contributed by atoms with Gasteiger partial charge in [-0.15, -0.1) is 0 Å². The first-order valence-electron chi connectivity index (χ1n) is 9.55. The Morgan fingerprint density at radius 1 is 1.29 bits per heavy atom. The molecular formula is C22H25FN2O3. The minimum Gasteiger partial charge on any atom is -0.469 e. The molecule has 1 aliphatic rings. The van der Waals surface area contributed by atoms with Gasteiger partial charge in [0.2, 0.25) is 5.91 Å². The number of hydrogen-bond acceptors (Lipinski definition) is 4. The van der Waals surface area contributed by atoms with Gasteiger partial charge in [-0.1, -0.05) is 6.07 Å². The molecule has 0 aliphatic heterocycles. The lowest BCUT2D eigenvalue weighted by atomic mass is 9.96. The van der Waals surface area contributed by atoms with Crippen LogP contribution in [0.25, 0.3) is 11.1 Å². The number of benzene rings is 1. The number of pyridine rings is 1. The van der Waals surface area contributed by atoms with Gasteiger partial charge >= 0.3 is 5.97 Å². The summed E-state index contributed by atoms with van der Waals surface area (Å²) >= 11 is 0. The number of methoxy groups -OCH3 is 1. The van der Waals surface area contributed by atoms with E-state index in [2.05, 4.69) is 4.98 Å². The van der Waals surface area contributed by atoms with Crippen LogP contribution in [0.2, 0.25) is 0 Å². The number of carbonyl (C=O) groups is 2. The fourth-order valence-corrected chi connectivity index (χ4v) is 3.27. The quantitative estimate of drug-likeness (QED) is 0.679. The first-order valence-corrected chi connectivity index (χ1v) is 9.55. The molecule has 0 N–H and O–H groups in total. The predicted octanol–water partition coefficient (Wildman–Crippen LogP) is 3.92. The number of halogens is 1. The summed E-state index contributed by atoms with van der Waals surface area (Å²) in [5.41, 5.74) is 3.02. The largest absolute Gasteiger partial charge is 0.469 e. The second-order valence-corrected chi connectivity index (χ2v) is 7.18. The van der Waals surface area contributed by atoms with Crippen molar-refractivity contribution in [2.45, 2.75) is 39.2 Å². The molecule has 1 aromatic heterocycles. The fraction of sp³-hybridized carbons (Fsp3) is 0.409. The zero-order chi connectivity index (χ0) is 20.3. The molecule has 148 valence electrons. The second-order valence-electron chi connectivity index (χ2n) is 7.18. The molecule has 6 heteroatoms. The van der Waals surface area contributed by atoms with E-state index >= 15 is 0 Å². The molecule has 1 aromatic carbocycles. The van der Waals surface area contributed by atoms with Crippen LogP contribution in [0.15, 0.2) is 36.7 Å². The lowest BCUT2D eigenvalue weighted by molar-refractivity contribution is -0.142. The molecular weight excluding hydrogens is 359 g/mol. The third kappa shape index (κ3) is 4.38. The van der Waals surface area contributed by atoms with E-state index in [1.807, 2.05) is 13.0 Å². The molecule has 1 fully saturated rings. The Labute approximate surface area is 164 Å². The van der Waals surface area contributed by atoms with Crippen LogP contribution in [0.3, 0.4) is 0 Å². The molecule has 3 rings (SSSR count). The van der Waals surface area contributed by atoms with E-state index in [9.17, 15) is 14.0 Å². The summed E-state index contributed by atoms with van der Waals surface area (Å²) in [5.74, 6) is -0.900. The number of amides is 1. The molecule has 1 unspecified atom stereocenters. The normalized spacial score (nSPS) is 14.4. The number of nitrogens with zero attached hydrogens (tertiary/aromatic N) is 2. The van der Waals surface area contributed by atoms with Crippen LogP contribution in [0.4, 0.5) is 4.39 Å². The Hall–Kier alpha value is -2.76. The highest BCUT2D eigenvalue weighted by molar-refractivity contribution is 5.81. The van der Waals surface area contributed by atoms with Crippen molar-refractivity contribution in [3.63, 3.8) is 0 Å². The molecule has 0 spiro atoms. The first-order chi connectivity index (χ1) is 13.4. The van der Waals surface area contributed by atoms with Gasteiger partial charge in [-0.25, -0.2) is 4.39 Å². The maximum absolute atomic E-state index is 14.0. The van der Waals surface area contributed by atoms with Crippen LogP contribution in [0.1, 0.15) is 43.7 Å². The van der Waals surface area contributed by atoms with Crippen molar-refractivity contribution in [2.75, 3.05) is 13.7 Å². The molecule has 1 heterocycles. The number of esters is 1. The Morgan fingerprint density at radius 3 is 2.68 bits per heavy atom. The lowest BCUT2D eigenvalue weighted by Crippen LogP contribution is -2.31. The second kappa shape index (κ2) is 8.50. The highest BCUT2D eigenvalue weighted by Crippen LogP contribution is 2.33. The number of rotatable bonds is 7. The van der Waals surface area contributed by atoms with Crippen molar-refractivity contribution in [3.8, 4) is 11.1 Å². The molecule has 1 saturated carbocycles. The molecule has 1 atom stereocenters. The van der Waals surface area contributed by atoms with Gasteiger partial charge in [0.25, 0.3) is 0 Å². The van der Waals surface area contributed by atoms with Gasteiger partial charge in [0.05, 0.1) is 13.0 Å². The van der Waals surface area contributed by atoms with Gasteiger partial charge in [0, 0.05) is 37.0 Å². The molecule has 1 aliphatic carbocycles. The molecule has 1 amide bonds. The summed E-state index contributed by atoms with van der Waals surface area (Å²) in [7, 11) is 1.35. The summed E-state index contributed by atoms with van der Waals surface area (Å²) < 4.78 is 18.8. The summed E-state index contributed by atoms with van der Waals surface area (Å²) in [6.45, 7) is 4.60. The van der Waals surface area contributed by atoms with E-state index in [1.165, 1.54) is 19.2 Å². The first kappa shape index (κ1) is 20.0. The minimum absolute atomic E-state index is 0.114. The summed E-state index contributed by atoms with van der Waals surface area (Å²) in [6.07, 6.45) is 5.18. The summed E-state index contributed by atoms with van der Waals surface area (Å²) in [6, 6.07) is 6.43. The average Bonchev–Trinajstić information content (AvgIpc) is 3.56. The van der Waals surface area contributed by atoms with Gasteiger partial charge in [-0.05, 0) is 61.6 Å². The summed E-state index contributed by atoms with van der Waals surface area (Å²) in [5, 5.41) is 0. The van der Waals surface area contributed by atoms with Crippen molar-refractivity contribution in [2.24, 2.45) is 5.92 Å². The standard InChI is InChI=1S/C22H25FN2O3/c1-4-25(21(26)15-5-6-15)13-18-10-19(23)7-8-20(18)17-9-16(11-24-12-17)14(2)22(27)28-3/h7-12,14-15H,4-6,13H2,1-3H3. The average molecular weight is 384 g/mol. The molecule has 0 bridgehead atoms. The van der Waals surface area contributed by atoms with E-state index in [0.717, 1.165) is 35.1 Å². The van der Waals surface area contributed by atoms with Crippen molar-refractivity contribution < 1.29 is 18.7 Å². The van der Waals surface area contributed by atoms with Crippen molar-refractivity contribution in [3.05, 3.63) is 53.6 Å². The van der Waals surface area contributed by atoms with E-state index in [0.29, 0.717) is 13.1 Å². The maximum atomic E-state index is 14.0. The third-order valence-corrected chi connectivity index (χ3v) is 5.17. The number of aromatic nitrogens is 1. The summed E-state index contributed by atoms with van der Waals surface area (Å²) in [4.78, 5) is 30.4. The van der Waals surface area contributed by atoms with E-state index in [1.54, 1.807) is 30.3 Å². The number of ether oxygens (including phenoxy) is 1. The third-order valence-electron chi connectivity index (χ3n) is 5.17. The topological polar surface area (TPSA) is 59.5 Å². The van der Waals surface area contributed by atoms with E-state index < -0.39 is 5.92 Å². The maximum Gasteiger partial charge on any atom is 0.312 e. The monoisotopic (exact) mass is 384 g/mol. The molecule has 5 nitrogen and oxygen atoms in total. The fourth-order valence-electron chi connectivity index (χ4n) is 3.27. The Bertz CT molecular complexity index is 880. The molecule has 28 heavy (non-hydrogen) atoms. The van der Waals surface area contributed by atoms with Crippen LogP contribution < -0.4 is 0 Å². The van der Waals surface area contributed by atoms with E-state index in [-0.39, 0.29) is 23.6 Å². The van der Waals surface area contributed by atoms with Crippen LogP contribution in [-0.2, 0) is 20.9 Å². The van der Waals surface area contributed by atoms with Crippen molar-refractivity contribution in [1.82, 2.24) is 9.88 Å². The van der Waals surface area contributed by atoms with Gasteiger partial charge in [-0.3, -0.25) is 14.6 Å². The van der Waals surface area contributed by atoms with Gasteiger partial charge < -0.3 is 9.64 Å². The van der Waals surface area contributed by atoms with Gasteiger partial charge in [-0.2, -0.15) is 0 Å². The number of carbonyl (C=O) groups excluding carboxylic acids is 2. The zero-order valence-electron chi connectivity index (χ0n) is 16.4. The van der Waals surface area contributed by atoms with Crippen molar-refractivity contribution >= 4 is 11.9 Å². The smallest absolute Gasteiger partial charge is 0.312 e. The highest BCUT2D eigenvalue weighted by atomic mass is 19.1. The van der Waals surface area contributed by atoms with E-state index in [4.69, 9.17) is 4.74 Å².